The molecule has 2 aromatic rings. The zero-order chi connectivity index (χ0) is 19.1. The minimum atomic E-state index is -2.66. The molecule has 2 aliphatic rings. The van der Waals surface area contributed by atoms with Crippen molar-refractivity contribution in [2.24, 2.45) is 0 Å². The van der Waals surface area contributed by atoms with E-state index in [9.17, 15) is 14.0 Å². The van der Waals surface area contributed by atoms with Gasteiger partial charge in [0, 0.05) is 30.8 Å². The largest absolute Gasteiger partial charge is 0.351 e. The van der Waals surface area contributed by atoms with Crippen molar-refractivity contribution in [2.45, 2.75) is 49.5 Å². The second-order valence-electron chi connectivity index (χ2n) is 6.94. The van der Waals surface area contributed by atoms with E-state index in [4.69, 9.17) is 11.6 Å². The van der Waals surface area contributed by atoms with Crippen LogP contribution in [-0.2, 0) is 5.41 Å². The van der Waals surface area contributed by atoms with Crippen molar-refractivity contribution in [1.82, 2.24) is 19.9 Å². The van der Waals surface area contributed by atoms with Crippen molar-refractivity contribution in [2.75, 3.05) is 10.6 Å². The fraction of sp³-hybridized carbons (Fsp3) is 0.471. The summed E-state index contributed by atoms with van der Waals surface area (Å²) in [6.45, 7) is 0. The van der Waals surface area contributed by atoms with Crippen LogP contribution in [0.3, 0.4) is 0 Å². The molecule has 4 rings (SSSR count). The SMILES string of the molecule is N#CC1(c2cc(Nc3nc(Cl)nc(NC4CCC(F)(F)C4)n3)ccn2)CC1. The van der Waals surface area contributed by atoms with Gasteiger partial charge in [-0.1, -0.05) is 0 Å². The summed E-state index contributed by atoms with van der Waals surface area (Å²) >= 11 is 5.95. The third-order valence-corrected chi connectivity index (χ3v) is 4.98. The number of aromatic nitrogens is 4. The Labute approximate surface area is 159 Å². The predicted octanol–water partition coefficient (Wildman–Crippen LogP) is 3.82. The zero-order valence-electron chi connectivity index (χ0n) is 14.2. The zero-order valence-corrected chi connectivity index (χ0v) is 15.0. The molecule has 27 heavy (non-hydrogen) atoms. The normalized spacial score (nSPS) is 22.1. The molecule has 2 N–H and O–H groups in total. The number of nitrogens with one attached hydrogen (secondary N) is 2. The topological polar surface area (TPSA) is 99.4 Å². The van der Waals surface area contributed by atoms with Gasteiger partial charge in [0.25, 0.3) is 0 Å². The van der Waals surface area contributed by atoms with E-state index in [1.165, 1.54) is 0 Å². The molecule has 0 spiro atoms. The highest BCUT2D eigenvalue weighted by molar-refractivity contribution is 6.28. The number of alkyl halides is 2. The Bertz CT molecular complexity index is 910. The van der Waals surface area contributed by atoms with Crippen molar-refractivity contribution in [1.29, 1.82) is 5.26 Å². The van der Waals surface area contributed by atoms with Gasteiger partial charge in [-0.05, 0) is 43.0 Å². The van der Waals surface area contributed by atoms with E-state index < -0.39 is 17.4 Å². The van der Waals surface area contributed by atoms with E-state index >= 15 is 0 Å². The van der Waals surface area contributed by atoms with E-state index in [1.54, 1.807) is 18.3 Å². The molecule has 2 saturated carbocycles. The number of nitrogens with zero attached hydrogens (tertiary/aromatic N) is 5. The van der Waals surface area contributed by atoms with Crippen LogP contribution in [0.1, 0.15) is 37.8 Å². The summed E-state index contributed by atoms with van der Waals surface area (Å²) in [5.74, 6) is -2.34. The van der Waals surface area contributed by atoms with Crippen LogP contribution < -0.4 is 10.6 Å². The molecule has 2 aliphatic carbocycles. The van der Waals surface area contributed by atoms with Crippen LogP contribution in [0, 0.1) is 11.3 Å². The van der Waals surface area contributed by atoms with Gasteiger partial charge in [0.2, 0.25) is 23.1 Å². The van der Waals surface area contributed by atoms with E-state index in [1.807, 2.05) is 0 Å². The van der Waals surface area contributed by atoms with Gasteiger partial charge >= 0.3 is 0 Å². The molecule has 2 heterocycles. The summed E-state index contributed by atoms with van der Waals surface area (Å²) in [4.78, 5) is 16.5. The number of nitriles is 1. The fourth-order valence-electron chi connectivity index (χ4n) is 3.18. The summed E-state index contributed by atoms with van der Waals surface area (Å²) in [7, 11) is 0. The Kier molecular flexibility index (Phi) is 4.30. The Hall–Kier alpha value is -2.60. The molecule has 0 saturated heterocycles. The molecule has 10 heteroatoms. The van der Waals surface area contributed by atoms with Gasteiger partial charge in [-0.15, -0.1) is 0 Å². The van der Waals surface area contributed by atoms with Gasteiger partial charge in [-0.2, -0.15) is 20.2 Å². The van der Waals surface area contributed by atoms with E-state index in [2.05, 4.69) is 36.6 Å². The number of hydrogen-bond acceptors (Lipinski definition) is 7. The van der Waals surface area contributed by atoms with Crippen LogP contribution in [0.4, 0.5) is 26.4 Å². The quantitative estimate of drug-likeness (QED) is 0.799. The van der Waals surface area contributed by atoms with Crippen molar-refractivity contribution in [3.63, 3.8) is 0 Å². The molecule has 0 bridgehead atoms. The molecule has 0 aliphatic heterocycles. The van der Waals surface area contributed by atoms with E-state index in [0.29, 0.717) is 17.8 Å². The molecular weight excluding hydrogens is 376 g/mol. The Morgan fingerprint density at radius 1 is 1.19 bits per heavy atom. The number of anilines is 3. The summed E-state index contributed by atoms with van der Waals surface area (Å²) in [6, 6.07) is 5.39. The molecule has 1 unspecified atom stereocenters. The molecule has 2 fully saturated rings. The third kappa shape index (κ3) is 3.90. The molecule has 0 aromatic carbocycles. The molecule has 0 radical (unpaired) electrons. The van der Waals surface area contributed by atoms with Crippen LogP contribution in [0.5, 0.6) is 0 Å². The average Bonchev–Trinajstić information content (AvgIpc) is 3.34. The first kappa shape index (κ1) is 17.8. The maximum atomic E-state index is 13.4. The van der Waals surface area contributed by atoms with Crippen molar-refractivity contribution in [3.05, 3.63) is 29.3 Å². The Balaban J connectivity index is 1.51. The van der Waals surface area contributed by atoms with Crippen molar-refractivity contribution < 1.29 is 8.78 Å². The second kappa shape index (κ2) is 6.53. The first-order valence-electron chi connectivity index (χ1n) is 8.58. The summed E-state index contributed by atoms with van der Waals surface area (Å²) < 4.78 is 26.7. The first-order chi connectivity index (χ1) is 12.9. The average molecular weight is 392 g/mol. The van der Waals surface area contributed by atoms with Gasteiger partial charge in [-0.3, -0.25) is 4.98 Å². The molecule has 1 atom stereocenters. The van der Waals surface area contributed by atoms with E-state index in [0.717, 1.165) is 12.8 Å². The maximum absolute atomic E-state index is 13.4. The molecular formula is C17H16ClF2N7. The number of rotatable bonds is 5. The smallest absolute Gasteiger partial charge is 0.250 e. The molecule has 2 aromatic heterocycles. The lowest BCUT2D eigenvalue weighted by atomic mass is 10.0. The van der Waals surface area contributed by atoms with Gasteiger partial charge in [0.1, 0.15) is 0 Å². The molecule has 7 nitrogen and oxygen atoms in total. The first-order valence-corrected chi connectivity index (χ1v) is 8.96. The van der Waals surface area contributed by atoms with Crippen LogP contribution in [0.15, 0.2) is 18.3 Å². The lowest BCUT2D eigenvalue weighted by Crippen LogP contribution is -2.21. The second-order valence-corrected chi connectivity index (χ2v) is 7.28. The summed E-state index contributed by atoms with van der Waals surface area (Å²) in [6.07, 6.45) is 3.11. The summed E-state index contributed by atoms with van der Waals surface area (Å²) in [5, 5.41) is 15.2. The lowest BCUT2D eigenvalue weighted by Gasteiger charge is -2.14. The van der Waals surface area contributed by atoms with Gasteiger partial charge in [-0.25, -0.2) is 8.78 Å². The van der Waals surface area contributed by atoms with E-state index in [-0.39, 0.29) is 30.0 Å². The fourth-order valence-corrected chi connectivity index (χ4v) is 3.34. The van der Waals surface area contributed by atoms with Crippen LogP contribution in [-0.4, -0.2) is 31.9 Å². The van der Waals surface area contributed by atoms with Gasteiger partial charge in [0.15, 0.2) is 0 Å². The number of hydrogen-bond donors (Lipinski definition) is 2. The molecule has 0 amide bonds. The third-order valence-electron chi connectivity index (χ3n) is 4.82. The van der Waals surface area contributed by atoms with Crippen molar-refractivity contribution >= 4 is 29.2 Å². The lowest BCUT2D eigenvalue weighted by molar-refractivity contribution is 0.00851. The Morgan fingerprint density at radius 3 is 2.63 bits per heavy atom. The maximum Gasteiger partial charge on any atom is 0.250 e. The van der Waals surface area contributed by atoms with Crippen LogP contribution in [0.25, 0.3) is 0 Å². The van der Waals surface area contributed by atoms with Crippen LogP contribution >= 0.6 is 11.6 Å². The highest BCUT2D eigenvalue weighted by Crippen LogP contribution is 2.47. The highest BCUT2D eigenvalue weighted by atomic mass is 35.5. The number of halogens is 3. The molecule has 140 valence electrons. The minimum Gasteiger partial charge on any atom is -0.351 e. The monoisotopic (exact) mass is 391 g/mol. The van der Waals surface area contributed by atoms with Gasteiger partial charge in [0.05, 0.1) is 17.2 Å². The van der Waals surface area contributed by atoms with Crippen LogP contribution in [0.2, 0.25) is 5.28 Å². The predicted molar refractivity (Wildman–Crippen MR) is 95.1 cm³/mol. The highest BCUT2D eigenvalue weighted by Gasteiger charge is 2.46. The van der Waals surface area contributed by atoms with Gasteiger partial charge < -0.3 is 10.6 Å². The Morgan fingerprint density at radius 2 is 1.96 bits per heavy atom. The standard InChI is InChI=1S/C17H16ClF2N7/c18-13-25-14(27-15(26-13)24-11-1-3-17(19,20)8-11)23-10-2-6-22-12(7-10)16(9-21)4-5-16/h2,6-7,11H,1,3-5,8H2,(H2,22,23,24,25,26,27). The number of pyridine rings is 1. The summed E-state index contributed by atoms with van der Waals surface area (Å²) in [5.41, 5.74) is 0.846. The minimum absolute atomic E-state index is 0.0512. The van der Waals surface area contributed by atoms with Crippen molar-refractivity contribution in [3.8, 4) is 6.07 Å².